The highest BCUT2D eigenvalue weighted by atomic mass is 79.9. The van der Waals surface area contributed by atoms with Crippen LogP contribution in [0.1, 0.15) is 18.5 Å². The molecule has 20 heavy (non-hydrogen) atoms. The van der Waals surface area contributed by atoms with Crippen LogP contribution < -0.4 is 10.1 Å². The van der Waals surface area contributed by atoms with Gasteiger partial charge in [0.15, 0.2) is 0 Å². The minimum absolute atomic E-state index is 0.0909. The Labute approximate surface area is 137 Å². The summed E-state index contributed by atoms with van der Waals surface area (Å²) in [6, 6.07) is 11.4. The van der Waals surface area contributed by atoms with E-state index in [2.05, 4.69) is 28.2 Å². The third-order valence-electron chi connectivity index (χ3n) is 2.98. The van der Waals surface area contributed by atoms with Crippen molar-refractivity contribution in [3.63, 3.8) is 0 Å². The third-order valence-corrected chi connectivity index (χ3v) is 4.16. The van der Waals surface area contributed by atoms with Crippen molar-refractivity contribution in [2.45, 2.75) is 13.0 Å². The monoisotopic (exact) mass is 373 g/mol. The molecule has 0 saturated carbocycles. The van der Waals surface area contributed by atoms with Gasteiger partial charge in [0.05, 0.1) is 22.3 Å². The summed E-state index contributed by atoms with van der Waals surface area (Å²) in [6.45, 7) is 2.06. The van der Waals surface area contributed by atoms with Gasteiger partial charge in [-0.3, -0.25) is 0 Å². The molecule has 2 rings (SSSR count). The Bertz CT molecular complexity index is 619. The molecule has 0 aliphatic rings. The Kier molecular flexibility index (Phi) is 5.19. The van der Waals surface area contributed by atoms with E-state index in [1.807, 2.05) is 24.3 Å². The number of rotatable bonds is 4. The molecular formula is C15H14BrCl2NO. The lowest BCUT2D eigenvalue weighted by atomic mass is 10.1. The second-order valence-corrected chi connectivity index (χ2v) is 6.08. The van der Waals surface area contributed by atoms with Crippen LogP contribution in [0, 0.1) is 0 Å². The standard InChI is InChI=1S/C15H14BrCl2NO/c1-9(10-3-6-15(20-2)12(16)7-10)19-14-8-11(17)4-5-13(14)18/h3-9,19H,1-2H3. The molecule has 0 heterocycles. The van der Waals surface area contributed by atoms with Crippen molar-refractivity contribution in [3.8, 4) is 5.75 Å². The van der Waals surface area contributed by atoms with Gasteiger partial charge >= 0.3 is 0 Å². The fraction of sp³-hybridized carbons (Fsp3) is 0.200. The van der Waals surface area contributed by atoms with Crippen LogP contribution in [0.5, 0.6) is 5.75 Å². The van der Waals surface area contributed by atoms with E-state index in [4.69, 9.17) is 27.9 Å². The number of ether oxygens (including phenoxy) is 1. The van der Waals surface area contributed by atoms with Crippen LogP contribution in [0.15, 0.2) is 40.9 Å². The van der Waals surface area contributed by atoms with Crippen molar-refractivity contribution in [3.05, 3.63) is 56.5 Å². The van der Waals surface area contributed by atoms with E-state index in [1.54, 1.807) is 19.2 Å². The second-order valence-electron chi connectivity index (χ2n) is 4.38. The zero-order valence-corrected chi connectivity index (χ0v) is 14.2. The van der Waals surface area contributed by atoms with Gasteiger partial charge in [0, 0.05) is 11.1 Å². The predicted octanol–water partition coefficient (Wildman–Crippen LogP) is 5.94. The average molecular weight is 375 g/mol. The maximum Gasteiger partial charge on any atom is 0.133 e. The lowest BCUT2D eigenvalue weighted by Gasteiger charge is -2.18. The minimum atomic E-state index is 0.0909. The van der Waals surface area contributed by atoms with E-state index in [0.717, 1.165) is 21.5 Å². The van der Waals surface area contributed by atoms with Gasteiger partial charge in [0.1, 0.15) is 5.75 Å². The number of hydrogen-bond donors (Lipinski definition) is 1. The zero-order chi connectivity index (χ0) is 14.7. The summed E-state index contributed by atoms with van der Waals surface area (Å²) < 4.78 is 6.15. The van der Waals surface area contributed by atoms with Crippen molar-refractivity contribution in [2.24, 2.45) is 0 Å². The van der Waals surface area contributed by atoms with Gasteiger partial charge < -0.3 is 10.1 Å². The topological polar surface area (TPSA) is 21.3 Å². The smallest absolute Gasteiger partial charge is 0.133 e. The molecule has 0 saturated heterocycles. The second kappa shape index (κ2) is 6.70. The van der Waals surface area contributed by atoms with Crippen molar-refractivity contribution in [1.29, 1.82) is 0 Å². The molecular weight excluding hydrogens is 361 g/mol. The first-order valence-electron chi connectivity index (χ1n) is 6.06. The van der Waals surface area contributed by atoms with Crippen molar-refractivity contribution < 1.29 is 4.74 Å². The first kappa shape index (κ1) is 15.5. The van der Waals surface area contributed by atoms with E-state index in [1.165, 1.54) is 0 Å². The Hall–Kier alpha value is -0.900. The van der Waals surface area contributed by atoms with Crippen molar-refractivity contribution in [1.82, 2.24) is 0 Å². The maximum absolute atomic E-state index is 6.16. The molecule has 0 aliphatic carbocycles. The number of anilines is 1. The van der Waals surface area contributed by atoms with Crippen LogP contribution in [-0.2, 0) is 0 Å². The Morgan fingerprint density at radius 3 is 2.55 bits per heavy atom. The molecule has 1 N–H and O–H groups in total. The quantitative estimate of drug-likeness (QED) is 0.715. The van der Waals surface area contributed by atoms with Crippen LogP contribution in [0.25, 0.3) is 0 Å². The normalized spacial score (nSPS) is 12.1. The summed E-state index contributed by atoms with van der Waals surface area (Å²) in [4.78, 5) is 0. The van der Waals surface area contributed by atoms with Gasteiger partial charge in [-0.15, -0.1) is 0 Å². The maximum atomic E-state index is 6.16. The van der Waals surface area contributed by atoms with Crippen molar-refractivity contribution >= 4 is 44.8 Å². The number of halogens is 3. The van der Waals surface area contributed by atoms with Gasteiger partial charge in [0.2, 0.25) is 0 Å². The zero-order valence-electron chi connectivity index (χ0n) is 11.1. The molecule has 0 radical (unpaired) electrons. The minimum Gasteiger partial charge on any atom is -0.496 e. The van der Waals surface area contributed by atoms with Crippen LogP contribution in [-0.4, -0.2) is 7.11 Å². The molecule has 106 valence electrons. The summed E-state index contributed by atoms with van der Waals surface area (Å²) in [5, 5.41) is 4.65. The molecule has 1 atom stereocenters. The first-order valence-corrected chi connectivity index (χ1v) is 7.61. The molecule has 5 heteroatoms. The van der Waals surface area contributed by atoms with Gasteiger partial charge in [0.25, 0.3) is 0 Å². The summed E-state index contributed by atoms with van der Waals surface area (Å²) in [5.41, 5.74) is 1.94. The predicted molar refractivity (Wildman–Crippen MR) is 89.2 cm³/mol. The summed E-state index contributed by atoms with van der Waals surface area (Å²) in [5.74, 6) is 0.807. The molecule has 2 aromatic rings. The van der Waals surface area contributed by atoms with Crippen LogP contribution in [0.4, 0.5) is 5.69 Å². The van der Waals surface area contributed by atoms with Gasteiger partial charge in [-0.2, -0.15) is 0 Å². The highest BCUT2D eigenvalue weighted by Crippen LogP contribution is 2.32. The lowest BCUT2D eigenvalue weighted by molar-refractivity contribution is 0.412. The molecule has 1 unspecified atom stereocenters. The largest absolute Gasteiger partial charge is 0.496 e. The van der Waals surface area contributed by atoms with Gasteiger partial charge in [-0.1, -0.05) is 29.3 Å². The third kappa shape index (κ3) is 3.60. The van der Waals surface area contributed by atoms with E-state index in [-0.39, 0.29) is 6.04 Å². The van der Waals surface area contributed by atoms with E-state index in [9.17, 15) is 0 Å². The van der Waals surface area contributed by atoms with Gasteiger partial charge in [-0.05, 0) is 58.7 Å². The molecule has 2 aromatic carbocycles. The van der Waals surface area contributed by atoms with Gasteiger partial charge in [-0.25, -0.2) is 0 Å². The lowest BCUT2D eigenvalue weighted by Crippen LogP contribution is -2.07. The van der Waals surface area contributed by atoms with E-state index >= 15 is 0 Å². The van der Waals surface area contributed by atoms with E-state index < -0.39 is 0 Å². The highest BCUT2D eigenvalue weighted by molar-refractivity contribution is 9.10. The Morgan fingerprint density at radius 1 is 1.15 bits per heavy atom. The Balaban J connectivity index is 2.21. The summed E-state index contributed by atoms with van der Waals surface area (Å²) in [6.07, 6.45) is 0. The first-order chi connectivity index (χ1) is 9.51. The van der Waals surface area contributed by atoms with E-state index in [0.29, 0.717) is 10.0 Å². The number of benzene rings is 2. The summed E-state index contributed by atoms with van der Waals surface area (Å²) in [7, 11) is 1.65. The Morgan fingerprint density at radius 2 is 1.90 bits per heavy atom. The number of hydrogen-bond acceptors (Lipinski definition) is 2. The fourth-order valence-corrected chi connectivity index (χ4v) is 2.78. The molecule has 0 bridgehead atoms. The molecule has 2 nitrogen and oxygen atoms in total. The van der Waals surface area contributed by atoms with Crippen LogP contribution >= 0.6 is 39.1 Å². The summed E-state index contributed by atoms with van der Waals surface area (Å²) >= 11 is 15.6. The molecule has 0 aliphatic heterocycles. The highest BCUT2D eigenvalue weighted by Gasteiger charge is 2.10. The molecule has 0 amide bonds. The van der Waals surface area contributed by atoms with Crippen molar-refractivity contribution in [2.75, 3.05) is 12.4 Å². The average Bonchev–Trinajstić information content (AvgIpc) is 2.42. The number of methoxy groups -OCH3 is 1. The molecule has 0 spiro atoms. The number of nitrogens with one attached hydrogen (secondary N) is 1. The fourth-order valence-electron chi connectivity index (χ4n) is 1.88. The van der Waals surface area contributed by atoms with Crippen LogP contribution in [0.3, 0.4) is 0 Å². The van der Waals surface area contributed by atoms with Crippen LogP contribution in [0.2, 0.25) is 10.0 Å². The molecule has 0 aromatic heterocycles. The molecule has 0 fully saturated rings. The SMILES string of the molecule is COc1ccc(C(C)Nc2cc(Cl)ccc2Cl)cc1Br.